The summed E-state index contributed by atoms with van der Waals surface area (Å²) in [6.07, 6.45) is 2.84. The first-order valence-electron chi connectivity index (χ1n) is 8.28. The fourth-order valence-corrected chi connectivity index (χ4v) is 3.06. The SMILES string of the molecule is CCOc1ccc(-c2cc3ccccn3c2C=O)cc1C(C)(C)C. The van der Waals surface area contributed by atoms with Gasteiger partial charge in [-0.05, 0) is 48.2 Å². The molecule has 3 heteroatoms. The molecule has 1 aromatic carbocycles. The molecule has 0 N–H and O–H groups in total. The summed E-state index contributed by atoms with van der Waals surface area (Å²) in [5, 5.41) is 0. The molecule has 2 aromatic heterocycles. The van der Waals surface area contributed by atoms with E-state index < -0.39 is 0 Å². The molecule has 0 aliphatic heterocycles. The lowest BCUT2D eigenvalue weighted by Crippen LogP contribution is -2.13. The maximum absolute atomic E-state index is 11.7. The van der Waals surface area contributed by atoms with Crippen molar-refractivity contribution in [2.75, 3.05) is 6.61 Å². The molecular weight excluding hydrogens is 298 g/mol. The van der Waals surface area contributed by atoms with Gasteiger partial charge >= 0.3 is 0 Å². The van der Waals surface area contributed by atoms with Crippen LogP contribution in [0.3, 0.4) is 0 Å². The minimum atomic E-state index is -0.0407. The lowest BCUT2D eigenvalue weighted by atomic mass is 9.84. The summed E-state index contributed by atoms with van der Waals surface area (Å²) in [6.45, 7) is 9.14. The molecule has 0 saturated heterocycles. The van der Waals surface area contributed by atoms with Gasteiger partial charge in [0.1, 0.15) is 5.75 Å². The Bertz CT molecular complexity index is 884. The Labute approximate surface area is 142 Å². The monoisotopic (exact) mass is 321 g/mol. The maximum Gasteiger partial charge on any atom is 0.167 e. The van der Waals surface area contributed by atoms with Gasteiger partial charge < -0.3 is 9.14 Å². The number of hydrogen-bond acceptors (Lipinski definition) is 2. The lowest BCUT2D eigenvalue weighted by molar-refractivity contribution is 0.111. The van der Waals surface area contributed by atoms with E-state index in [1.807, 2.05) is 47.9 Å². The zero-order valence-electron chi connectivity index (χ0n) is 14.7. The highest BCUT2D eigenvalue weighted by Crippen LogP contribution is 2.36. The molecule has 3 rings (SSSR count). The second-order valence-electron chi connectivity index (χ2n) is 6.95. The molecule has 0 saturated carbocycles. The molecule has 3 nitrogen and oxygen atoms in total. The topological polar surface area (TPSA) is 30.7 Å². The second-order valence-corrected chi connectivity index (χ2v) is 6.95. The van der Waals surface area contributed by atoms with Crippen molar-refractivity contribution in [3.05, 3.63) is 59.9 Å². The van der Waals surface area contributed by atoms with Crippen LogP contribution in [0.2, 0.25) is 0 Å². The standard InChI is InChI=1S/C21H23NO2/c1-5-24-20-10-9-15(12-18(20)21(2,3)4)17-13-16-8-6-7-11-22(16)19(17)14-23/h6-14H,5H2,1-4H3. The number of pyridine rings is 1. The first kappa shape index (κ1) is 16.3. The number of aldehydes is 1. The number of carbonyl (C=O) groups excluding carboxylic acids is 1. The quantitative estimate of drug-likeness (QED) is 0.625. The number of aromatic nitrogens is 1. The molecule has 0 bridgehead atoms. The van der Waals surface area contributed by atoms with Gasteiger partial charge in [-0.15, -0.1) is 0 Å². The Morgan fingerprint density at radius 2 is 1.92 bits per heavy atom. The predicted octanol–water partition coefficient (Wildman–Crippen LogP) is 5.12. The van der Waals surface area contributed by atoms with Crippen molar-refractivity contribution >= 4 is 11.8 Å². The van der Waals surface area contributed by atoms with Crippen LogP contribution >= 0.6 is 0 Å². The maximum atomic E-state index is 11.7. The van der Waals surface area contributed by atoms with Crippen molar-refractivity contribution in [2.45, 2.75) is 33.1 Å². The van der Waals surface area contributed by atoms with Crippen LogP contribution in [-0.2, 0) is 5.41 Å². The zero-order chi connectivity index (χ0) is 17.3. The Balaban J connectivity index is 2.22. The lowest BCUT2D eigenvalue weighted by Gasteiger charge is -2.23. The van der Waals surface area contributed by atoms with Crippen LogP contribution in [0.15, 0.2) is 48.7 Å². The molecule has 0 amide bonds. The van der Waals surface area contributed by atoms with Crippen LogP contribution in [0.25, 0.3) is 16.6 Å². The average molecular weight is 321 g/mol. The minimum absolute atomic E-state index is 0.0407. The Hall–Kier alpha value is -2.55. The Morgan fingerprint density at radius 1 is 1.12 bits per heavy atom. The second kappa shape index (κ2) is 6.16. The molecule has 0 unspecified atom stereocenters. The van der Waals surface area contributed by atoms with E-state index in [0.717, 1.165) is 34.2 Å². The van der Waals surface area contributed by atoms with Crippen molar-refractivity contribution in [3.63, 3.8) is 0 Å². The molecule has 0 aliphatic carbocycles. The molecule has 2 heterocycles. The minimum Gasteiger partial charge on any atom is -0.494 e. The van der Waals surface area contributed by atoms with Crippen LogP contribution in [0.4, 0.5) is 0 Å². The fourth-order valence-electron chi connectivity index (χ4n) is 3.06. The van der Waals surface area contributed by atoms with Crippen LogP contribution < -0.4 is 4.74 Å². The average Bonchev–Trinajstić information content (AvgIpc) is 2.93. The summed E-state index contributed by atoms with van der Waals surface area (Å²) < 4.78 is 7.72. The van der Waals surface area contributed by atoms with E-state index >= 15 is 0 Å². The number of hydrogen-bond donors (Lipinski definition) is 0. The van der Waals surface area contributed by atoms with Gasteiger partial charge in [-0.2, -0.15) is 0 Å². The molecule has 124 valence electrons. The van der Waals surface area contributed by atoms with Gasteiger partial charge in [-0.3, -0.25) is 4.79 Å². The highest BCUT2D eigenvalue weighted by Gasteiger charge is 2.21. The third-order valence-electron chi connectivity index (χ3n) is 4.23. The van der Waals surface area contributed by atoms with E-state index in [4.69, 9.17) is 4.74 Å². The van der Waals surface area contributed by atoms with Gasteiger partial charge in [-0.1, -0.05) is 32.9 Å². The van der Waals surface area contributed by atoms with E-state index in [1.54, 1.807) is 0 Å². The summed E-state index contributed by atoms with van der Waals surface area (Å²) >= 11 is 0. The van der Waals surface area contributed by atoms with Crippen LogP contribution in [0.1, 0.15) is 43.7 Å². The zero-order valence-corrected chi connectivity index (χ0v) is 14.7. The predicted molar refractivity (Wildman–Crippen MR) is 98.1 cm³/mol. The third-order valence-corrected chi connectivity index (χ3v) is 4.23. The Morgan fingerprint density at radius 3 is 2.58 bits per heavy atom. The molecule has 0 radical (unpaired) electrons. The number of rotatable bonds is 4. The highest BCUT2D eigenvalue weighted by molar-refractivity contribution is 5.90. The molecule has 3 aromatic rings. The smallest absolute Gasteiger partial charge is 0.167 e. The number of nitrogens with zero attached hydrogens (tertiary/aromatic N) is 1. The van der Waals surface area contributed by atoms with Crippen molar-refractivity contribution in [1.82, 2.24) is 4.40 Å². The molecular formula is C21H23NO2. The normalized spacial score (nSPS) is 11.7. The van der Waals surface area contributed by atoms with Crippen LogP contribution in [0, 0.1) is 0 Å². The van der Waals surface area contributed by atoms with Crippen molar-refractivity contribution in [3.8, 4) is 16.9 Å². The third kappa shape index (κ3) is 2.82. The first-order chi connectivity index (χ1) is 11.5. The van der Waals surface area contributed by atoms with Crippen LogP contribution in [0.5, 0.6) is 5.75 Å². The van der Waals surface area contributed by atoms with Crippen molar-refractivity contribution in [2.24, 2.45) is 0 Å². The first-order valence-corrected chi connectivity index (χ1v) is 8.28. The van der Waals surface area contributed by atoms with Gasteiger partial charge in [0.2, 0.25) is 0 Å². The van der Waals surface area contributed by atoms with Gasteiger partial charge in [-0.25, -0.2) is 0 Å². The molecule has 0 fully saturated rings. The molecule has 0 atom stereocenters. The number of fused-ring (bicyclic) bond motifs is 1. The van der Waals surface area contributed by atoms with E-state index in [9.17, 15) is 4.79 Å². The molecule has 0 spiro atoms. The summed E-state index contributed by atoms with van der Waals surface area (Å²) in [6, 6.07) is 14.2. The number of ether oxygens (including phenoxy) is 1. The summed E-state index contributed by atoms with van der Waals surface area (Å²) in [5.74, 6) is 0.908. The summed E-state index contributed by atoms with van der Waals surface area (Å²) in [4.78, 5) is 11.7. The Kier molecular flexibility index (Phi) is 4.18. The molecule has 0 aliphatic rings. The summed E-state index contributed by atoms with van der Waals surface area (Å²) in [7, 11) is 0. The van der Waals surface area contributed by atoms with Crippen molar-refractivity contribution < 1.29 is 9.53 Å². The van der Waals surface area contributed by atoms with E-state index in [2.05, 4.69) is 32.9 Å². The van der Waals surface area contributed by atoms with Crippen LogP contribution in [-0.4, -0.2) is 17.3 Å². The van der Waals surface area contributed by atoms with Gasteiger partial charge in [0.15, 0.2) is 6.29 Å². The molecule has 24 heavy (non-hydrogen) atoms. The van der Waals surface area contributed by atoms with Gasteiger partial charge in [0, 0.05) is 22.8 Å². The van der Waals surface area contributed by atoms with E-state index in [0.29, 0.717) is 12.3 Å². The largest absolute Gasteiger partial charge is 0.494 e. The fraction of sp³-hybridized carbons (Fsp3) is 0.286. The highest BCUT2D eigenvalue weighted by atomic mass is 16.5. The van der Waals surface area contributed by atoms with E-state index in [-0.39, 0.29) is 5.41 Å². The van der Waals surface area contributed by atoms with Crippen molar-refractivity contribution in [1.29, 1.82) is 0 Å². The van der Waals surface area contributed by atoms with E-state index in [1.165, 1.54) is 0 Å². The number of benzene rings is 1. The van der Waals surface area contributed by atoms with Gasteiger partial charge in [0.05, 0.1) is 12.3 Å². The summed E-state index contributed by atoms with van der Waals surface area (Å²) in [5.41, 5.74) is 4.78. The van der Waals surface area contributed by atoms with Gasteiger partial charge in [0.25, 0.3) is 0 Å². The number of carbonyl (C=O) groups is 1.